The maximum Gasteiger partial charge on any atom is 0.273 e. The smallest absolute Gasteiger partial charge is 0.273 e. The third kappa shape index (κ3) is 4.66. The summed E-state index contributed by atoms with van der Waals surface area (Å²) in [4.78, 5) is 18.7. The maximum absolute atomic E-state index is 13.0. The lowest BCUT2D eigenvalue weighted by molar-refractivity contribution is 0.0688. The monoisotopic (exact) mass is 391 g/mol. The molecule has 2 aromatic rings. The van der Waals surface area contributed by atoms with Gasteiger partial charge in [-0.1, -0.05) is 0 Å². The summed E-state index contributed by atoms with van der Waals surface area (Å²) in [7, 11) is 0. The van der Waals surface area contributed by atoms with Gasteiger partial charge in [0.2, 0.25) is 0 Å². The molecule has 24 heavy (non-hydrogen) atoms. The number of halogens is 3. The van der Waals surface area contributed by atoms with Crippen LogP contribution in [0, 0.1) is 11.7 Å². The number of piperidine rings is 1. The van der Waals surface area contributed by atoms with Crippen molar-refractivity contribution in [2.24, 2.45) is 11.7 Å². The molecule has 3 rings (SSSR count). The van der Waals surface area contributed by atoms with Gasteiger partial charge in [0.25, 0.3) is 5.91 Å². The molecule has 0 spiro atoms. The molecule has 8 heteroatoms. The Morgan fingerprint density at radius 3 is 2.46 bits per heavy atom. The first-order chi connectivity index (χ1) is 10.7. The average Bonchev–Trinajstić information content (AvgIpc) is 3.05. The molecule has 1 aromatic heterocycles. The summed E-state index contributed by atoms with van der Waals surface area (Å²) >= 11 is 1.40. The highest BCUT2D eigenvalue weighted by Gasteiger charge is 2.24. The summed E-state index contributed by atoms with van der Waals surface area (Å²) in [6.45, 7) is 2.17. The first-order valence-corrected chi connectivity index (χ1v) is 8.26. The normalized spacial score (nSPS) is 14.7. The molecule has 1 aliphatic rings. The number of likely N-dealkylation sites (tertiary alicyclic amines) is 1. The van der Waals surface area contributed by atoms with Crippen LogP contribution in [0.5, 0.6) is 0 Å². The van der Waals surface area contributed by atoms with E-state index in [9.17, 15) is 9.18 Å². The molecule has 4 nitrogen and oxygen atoms in total. The predicted molar refractivity (Wildman–Crippen MR) is 99.7 cm³/mol. The van der Waals surface area contributed by atoms with Gasteiger partial charge in [0, 0.05) is 24.0 Å². The van der Waals surface area contributed by atoms with Crippen LogP contribution in [0.3, 0.4) is 0 Å². The van der Waals surface area contributed by atoms with Gasteiger partial charge < -0.3 is 10.6 Å². The molecule has 0 aliphatic carbocycles. The lowest BCUT2D eigenvalue weighted by Crippen LogP contribution is -2.40. The molecule has 1 aromatic carbocycles. The molecule has 0 atom stereocenters. The van der Waals surface area contributed by atoms with E-state index in [-0.39, 0.29) is 36.5 Å². The number of thiazole rings is 1. The van der Waals surface area contributed by atoms with Crippen molar-refractivity contribution < 1.29 is 9.18 Å². The van der Waals surface area contributed by atoms with E-state index in [4.69, 9.17) is 5.73 Å². The first kappa shape index (κ1) is 20.8. The van der Waals surface area contributed by atoms with Gasteiger partial charge in [-0.2, -0.15) is 0 Å². The van der Waals surface area contributed by atoms with E-state index < -0.39 is 0 Å². The minimum atomic E-state index is -0.278. The number of nitrogens with two attached hydrogens (primary N) is 1. The molecule has 132 valence electrons. The van der Waals surface area contributed by atoms with E-state index in [0.717, 1.165) is 36.5 Å². The SMILES string of the molecule is Cl.Cl.NCC1CCN(C(=O)c2csc(-c3ccc(F)cc3)n2)CC1. The Kier molecular flexibility index (Phi) is 8.09. The predicted octanol–water partition coefficient (Wildman–Crippen LogP) is 3.60. The number of amides is 1. The fourth-order valence-corrected chi connectivity index (χ4v) is 3.43. The van der Waals surface area contributed by atoms with Crippen LogP contribution >= 0.6 is 36.2 Å². The van der Waals surface area contributed by atoms with Crippen LogP contribution in [0.15, 0.2) is 29.6 Å². The van der Waals surface area contributed by atoms with E-state index in [1.165, 1.54) is 23.5 Å². The van der Waals surface area contributed by atoms with Gasteiger partial charge in [0.05, 0.1) is 0 Å². The average molecular weight is 392 g/mol. The zero-order chi connectivity index (χ0) is 15.5. The van der Waals surface area contributed by atoms with E-state index >= 15 is 0 Å². The van der Waals surface area contributed by atoms with Crippen molar-refractivity contribution >= 4 is 42.1 Å². The fraction of sp³-hybridized carbons (Fsp3) is 0.375. The standard InChI is InChI=1S/C16H18FN3OS.2ClH/c17-13-3-1-12(2-4-13)15-19-14(10-22-15)16(21)20-7-5-11(9-18)6-8-20;;/h1-4,10-11H,5-9,18H2;2*1H. The minimum Gasteiger partial charge on any atom is -0.337 e. The van der Waals surface area contributed by atoms with E-state index in [1.807, 2.05) is 4.90 Å². The van der Waals surface area contributed by atoms with E-state index in [0.29, 0.717) is 18.2 Å². The molecule has 0 bridgehead atoms. The lowest BCUT2D eigenvalue weighted by Gasteiger charge is -2.30. The molecule has 0 radical (unpaired) electrons. The highest BCUT2D eigenvalue weighted by Crippen LogP contribution is 2.25. The van der Waals surface area contributed by atoms with Gasteiger partial charge in [-0.05, 0) is 49.6 Å². The van der Waals surface area contributed by atoms with Crippen molar-refractivity contribution in [2.45, 2.75) is 12.8 Å². The number of rotatable bonds is 3. The molecule has 1 fully saturated rings. The zero-order valence-corrected chi connectivity index (χ0v) is 15.4. The molecule has 1 amide bonds. The quantitative estimate of drug-likeness (QED) is 0.868. The molecule has 2 heterocycles. The van der Waals surface area contributed by atoms with Crippen LogP contribution in [-0.2, 0) is 0 Å². The van der Waals surface area contributed by atoms with Gasteiger partial charge in [0.15, 0.2) is 0 Å². The summed E-state index contributed by atoms with van der Waals surface area (Å²) in [6, 6.07) is 6.15. The molecular weight excluding hydrogens is 372 g/mol. The summed E-state index contributed by atoms with van der Waals surface area (Å²) in [6.07, 6.45) is 1.91. The Bertz CT molecular complexity index is 658. The molecule has 1 aliphatic heterocycles. The van der Waals surface area contributed by atoms with E-state index in [1.54, 1.807) is 17.5 Å². The highest BCUT2D eigenvalue weighted by atomic mass is 35.5. The Morgan fingerprint density at radius 2 is 1.88 bits per heavy atom. The van der Waals surface area contributed by atoms with Gasteiger partial charge in [-0.25, -0.2) is 9.37 Å². The van der Waals surface area contributed by atoms with Crippen LogP contribution in [0.4, 0.5) is 4.39 Å². The van der Waals surface area contributed by atoms with Crippen molar-refractivity contribution in [3.8, 4) is 10.6 Å². The van der Waals surface area contributed by atoms with Crippen molar-refractivity contribution in [3.05, 3.63) is 41.2 Å². The molecule has 0 saturated carbocycles. The van der Waals surface area contributed by atoms with Gasteiger partial charge in [0.1, 0.15) is 16.5 Å². The Morgan fingerprint density at radius 1 is 1.25 bits per heavy atom. The Labute approximate surface area is 157 Å². The van der Waals surface area contributed by atoms with Crippen LogP contribution in [0.25, 0.3) is 10.6 Å². The number of benzene rings is 1. The maximum atomic E-state index is 13.0. The second kappa shape index (κ2) is 9.32. The number of carbonyl (C=O) groups excluding carboxylic acids is 1. The summed E-state index contributed by atoms with van der Waals surface area (Å²) < 4.78 is 13.0. The van der Waals surface area contributed by atoms with Crippen LogP contribution in [-0.4, -0.2) is 35.4 Å². The van der Waals surface area contributed by atoms with Crippen molar-refractivity contribution in [1.82, 2.24) is 9.88 Å². The molecule has 0 unspecified atom stereocenters. The van der Waals surface area contributed by atoms with E-state index in [2.05, 4.69) is 4.98 Å². The summed E-state index contributed by atoms with van der Waals surface area (Å²) in [5.74, 6) is 0.216. The summed E-state index contributed by atoms with van der Waals surface area (Å²) in [5.41, 5.74) is 6.97. The van der Waals surface area contributed by atoms with Crippen LogP contribution in [0.2, 0.25) is 0 Å². The number of carbonyl (C=O) groups is 1. The molecule has 2 N–H and O–H groups in total. The highest BCUT2D eigenvalue weighted by molar-refractivity contribution is 7.13. The Balaban J connectivity index is 0.00000144. The second-order valence-electron chi connectivity index (χ2n) is 5.52. The lowest BCUT2D eigenvalue weighted by atomic mass is 9.97. The summed E-state index contributed by atoms with van der Waals surface area (Å²) in [5, 5.41) is 2.51. The number of hydrogen-bond acceptors (Lipinski definition) is 4. The number of nitrogens with zero attached hydrogens (tertiary/aromatic N) is 2. The van der Waals surface area contributed by atoms with Gasteiger partial charge in [-0.3, -0.25) is 4.79 Å². The van der Waals surface area contributed by atoms with Crippen LogP contribution < -0.4 is 5.73 Å². The minimum absolute atomic E-state index is 0. The van der Waals surface area contributed by atoms with Crippen molar-refractivity contribution in [2.75, 3.05) is 19.6 Å². The topological polar surface area (TPSA) is 59.2 Å². The largest absolute Gasteiger partial charge is 0.337 e. The van der Waals surface area contributed by atoms with Crippen LogP contribution in [0.1, 0.15) is 23.3 Å². The Hall–Kier alpha value is -1.21. The molecule has 1 saturated heterocycles. The number of aromatic nitrogens is 1. The van der Waals surface area contributed by atoms with Crippen molar-refractivity contribution in [3.63, 3.8) is 0 Å². The molecular formula is C16H20Cl2FN3OS. The first-order valence-electron chi connectivity index (χ1n) is 7.38. The van der Waals surface area contributed by atoms with Gasteiger partial charge >= 0.3 is 0 Å². The van der Waals surface area contributed by atoms with Gasteiger partial charge in [-0.15, -0.1) is 36.2 Å². The fourth-order valence-electron chi connectivity index (χ4n) is 2.63. The third-order valence-electron chi connectivity index (χ3n) is 4.05. The van der Waals surface area contributed by atoms with Crippen molar-refractivity contribution in [1.29, 1.82) is 0 Å². The zero-order valence-electron chi connectivity index (χ0n) is 13.0. The third-order valence-corrected chi connectivity index (χ3v) is 4.94. The second-order valence-corrected chi connectivity index (χ2v) is 6.37. The number of hydrogen-bond donors (Lipinski definition) is 1.